The van der Waals surface area contributed by atoms with Crippen molar-refractivity contribution in [1.82, 2.24) is 0 Å². The summed E-state index contributed by atoms with van der Waals surface area (Å²) in [6.45, 7) is 0. The number of carbonyl (C=O) groups is 5. The van der Waals surface area contributed by atoms with Crippen LogP contribution in [0.15, 0.2) is 248 Å². The number of para-hydroxylation sites is 2. The monoisotopic (exact) mass is 1030 g/mol. The molecule has 0 saturated heterocycles. The number of benzene rings is 10. The number of nitrogens with zero attached hydrogens (tertiary/aromatic N) is 2. The summed E-state index contributed by atoms with van der Waals surface area (Å²) in [4.78, 5) is 66.7. The van der Waals surface area contributed by atoms with Gasteiger partial charge in [0.15, 0.2) is 29.4 Å². The molecule has 7 nitrogen and oxygen atoms in total. The van der Waals surface area contributed by atoms with Gasteiger partial charge in [0.2, 0.25) is 0 Å². The maximum atomic E-state index is 13.3. The summed E-state index contributed by atoms with van der Waals surface area (Å²) < 4.78 is 0. The van der Waals surface area contributed by atoms with Crippen molar-refractivity contribution in [3.05, 3.63) is 280 Å². The van der Waals surface area contributed by atoms with Crippen LogP contribution in [0.2, 0.25) is 0 Å². The first-order chi connectivity index (χ1) is 37.8. The van der Waals surface area contributed by atoms with Gasteiger partial charge in [0, 0.05) is 49.3 Å². The number of rotatable bonds is 8. The number of hydrogen-bond acceptors (Lipinski definition) is 9. The minimum absolute atomic E-state index is 0.0334. The number of anilines is 6. The summed E-state index contributed by atoms with van der Waals surface area (Å²) in [5.41, 5.74) is 6.65. The number of thiophene rings is 2. The lowest BCUT2D eigenvalue weighted by Crippen LogP contribution is -2.08. The molecule has 368 valence electrons. The van der Waals surface area contributed by atoms with Gasteiger partial charge in [-0.1, -0.05) is 158 Å². The first-order valence-corrected chi connectivity index (χ1v) is 26.7. The summed E-state index contributed by atoms with van der Waals surface area (Å²) in [7, 11) is 0. The Hall–Kier alpha value is -9.67. The number of carbonyl (C=O) groups excluding carboxylic acids is 5. The van der Waals surface area contributed by atoms with E-state index in [0.29, 0.717) is 22.3 Å². The highest BCUT2D eigenvalue weighted by Gasteiger charge is 2.34. The number of allylic oxidation sites excluding steroid dienone is 1. The fraction of sp³-hybridized carbons (Fsp3) is 0.0147. The first kappa shape index (κ1) is 48.3. The maximum absolute atomic E-state index is 13.3. The Kier molecular flexibility index (Phi) is 13.1. The quantitative estimate of drug-likeness (QED) is 0.0648. The van der Waals surface area contributed by atoms with Gasteiger partial charge in [-0.05, 0) is 123 Å². The van der Waals surface area contributed by atoms with Crippen LogP contribution in [-0.2, 0) is 0 Å². The van der Waals surface area contributed by atoms with Crippen LogP contribution in [0, 0.1) is 0 Å². The van der Waals surface area contributed by atoms with Gasteiger partial charge in [0.25, 0.3) is 0 Å². The molecule has 10 aromatic carbocycles. The van der Waals surface area contributed by atoms with E-state index < -0.39 is 0 Å². The van der Waals surface area contributed by atoms with Gasteiger partial charge in [-0.2, -0.15) is 0 Å². The fourth-order valence-corrected chi connectivity index (χ4v) is 12.0. The lowest BCUT2D eigenvalue weighted by Gasteiger charge is -2.25. The number of ketones is 4. The molecule has 14 rings (SSSR count). The molecule has 0 fully saturated rings. The van der Waals surface area contributed by atoms with E-state index in [1.165, 1.54) is 22.1 Å². The van der Waals surface area contributed by atoms with Crippen LogP contribution in [0.25, 0.3) is 49.2 Å². The van der Waals surface area contributed by atoms with Crippen LogP contribution in [0.1, 0.15) is 62.4 Å². The van der Waals surface area contributed by atoms with Crippen molar-refractivity contribution in [3.8, 4) is 0 Å². The van der Waals surface area contributed by atoms with Crippen LogP contribution in [-0.4, -0.2) is 29.4 Å². The summed E-state index contributed by atoms with van der Waals surface area (Å²) in [6.07, 6.45) is 2.68. The van der Waals surface area contributed by atoms with E-state index in [9.17, 15) is 24.0 Å². The predicted octanol–water partition coefficient (Wildman–Crippen LogP) is 17.8. The van der Waals surface area contributed by atoms with E-state index in [4.69, 9.17) is 0 Å². The second kappa shape index (κ2) is 20.9. The van der Waals surface area contributed by atoms with Crippen molar-refractivity contribution in [2.24, 2.45) is 0 Å². The zero-order valence-corrected chi connectivity index (χ0v) is 42.8. The molecule has 0 unspecified atom stereocenters. The van der Waals surface area contributed by atoms with Crippen molar-refractivity contribution in [1.29, 1.82) is 0 Å². The highest BCUT2D eigenvalue weighted by Crippen LogP contribution is 2.44. The summed E-state index contributed by atoms with van der Waals surface area (Å²) >= 11 is 3.05. The van der Waals surface area contributed by atoms with E-state index in [1.54, 1.807) is 17.4 Å². The second-order valence-electron chi connectivity index (χ2n) is 18.5. The molecule has 0 aliphatic heterocycles. The van der Waals surface area contributed by atoms with Gasteiger partial charge < -0.3 is 9.80 Å². The second-order valence-corrected chi connectivity index (χ2v) is 20.7. The van der Waals surface area contributed by atoms with Gasteiger partial charge >= 0.3 is 0 Å². The number of fused-ring (bicyclic) bond motifs is 6. The third kappa shape index (κ3) is 9.46. The number of aldehydes is 1. The number of hydrogen-bond donors (Lipinski definition) is 0. The lowest BCUT2D eigenvalue weighted by molar-refractivity contribution is 0.0919. The summed E-state index contributed by atoms with van der Waals surface area (Å²) in [6, 6.07) is 80.6. The largest absolute Gasteiger partial charge is 0.301 e. The molecule has 2 aliphatic rings. The van der Waals surface area contributed by atoms with Crippen LogP contribution in [0.3, 0.4) is 0 Å². The molecule has 0 spiro atoms. The van der Waals surface area contributed by atoms with Crippen molar-refractivity contribution < 1.29 is 24.0 Å². The van der Waals surface area contributed by atoms with Gasteiger partial charge in [0.05, 0.1) is 28.2 Å². The van der Waals surface area contributed by atoms with Gasteiger partial charge in [0.1, 0.15) is 10.0 Å². The van der Waals surface area contributed by atoms with E-state index in [1.807, 2.05) is 133 Å². The SMILES string of the molecule is O=C1C(=Cc2ccc(N(c3ccccc3)c3cccc4ccccc34)s2)C(=O)c2cc3ccccc3cc21.O=C1CC(=O)c2cc3ccccc3cc21.O=Cc1ccc(N(c2ccccc2)c2cccc3ccccc23)s1. The smallest absolute Gasteiger partial charge is 0.197 e. The molecule has 2 aliphatic carbocycles. The molecule has 2 aromatic heterocycles. The zero-order valence-electron chi connectivity index (χ0n) is 41.2. The molecular weight excluding hydrogens is 989 g/mol. The highest BCUT2D eigenvalue weighted by molar-refractivity contribution is 7.18. The predicted molar refractivity (Wildman–Crippen MR) is 316 cm³/mol. The van der Waals surface area contributed by atoms with Crippen molar-refractivity contribution in [2.45, 2.75) is 6.42 Å². The Morgan fingerprint density at radius 3 is 1.14 bits per heavy atom. The summed E-state index contributed by atoms with van der Waals surface area (Å²) in [5.74, 6) is -0.527. The third-order valence-electron chi connectivity index (χ3n) is 13.8. The molecule has 12 aromatic rings. The van der Waals surface area contributed by atoms with Gasteiger partial charge in [-0.15, -0.1) is 22.7 Å². The standard InChI is InChI=1S/C34H21NO2S.C21H15NOS.C13H8O2/c36-33-28-19-23-10-4-5-11-24(23)20-29(28)34(37)30(33)21-26-17-18-32(38-26)35(25-13-2-1-3-14-25)31-16-8-12-22-9-6-7-15-27(22)31;23-15-18-13-14-21(24-18)22(17-9-2-1-3-10-17)20-12-6-8-16-7-4-5-11-19(16)20;14-12-7-13(15)11-6-9-4-2-1-3-8(9)5-10(11)12/h1-21H;1-15H;1-6H,7H2. The molecule has 0 radical (unpaired) electrons. The minimum atomic E-state index is -0.209. The highest BCUT2D eigenvalue weighted by atomic mass is 32.1. The van der Waals surface area contributed by atoms with Crippen molar-refractivity contribution in [3.63, 3.8) is 0 Å². The molecule has 0 N–H and O–H groups in total. The van der Waals surface area contributed by atoms with E-state index in [0.717, 1.165) is 81.1 Å². The molecule has 2 heterocycles. The van der Waals surface area contributed by atoms with E-state index in [-0.39, 0.29) is 35.1 Å². The molecule has 0 atom stereocenters. The Morgan fingerprint density at radius 1 is 0.351 bits per heavy atom. The molecule has 9 heteroatoms. The van der Waals surface area contributed by atoms with Crippen molar-refractivity contribution in [2.75, 3.05) is 9.80 Å². The molecule has 0 amide bonds. The normalized spacial score (nSPS) is 12.5. The first-order valence-electron chi connectivity index (χ1n) is 25.0. The van der Waals surface area contributed by atoms with Crippen molar-refractivity contribution >= 4 is 134 Å². The van der Waals surface area contributed by atoms with Crippen LogP contribution < -0.4 is 9.80 Å². The molecule has 0 bridgehead atoms. The van der Waals surface area contributed by atoms with Crippen LogP contribution in [0.4, 0.5) is 32.8 Å². The van der Waals surface area contributed by atoms with Crippen LogP contribution >= 0.6 is 22.7 Å². The summed E-state index contributed by atoms with van der Waals surface area (Å²) in [5, 5.41) is 10.7. The lowest BCUT2D eigenvalue weighted by atomic mass is 10.0. The van der Waals surface area contributed by atoms with E-state index in [2.05, 4.69) is 119 Å². The Morgan fingerprint density at radius 2 is 0.714 bits per heavy atom. The van der Waals surface area contributed by atoms with Gasteiger partial charge in [-0.3, -0.25) is 24.0 Å². The fourth-order valence-electron chi connectivity index (χ4n) is 10.1. The molecular formula is C68H44N2O5S2. The Balaban J connectivity index is 0.000000129. The van der Waals surface area contributed by atoms with E-state index >= 15 is 0 Å². The molecule has 77 heavy (non-hydrogen) atoms. The Labute approximate surface area is 451 Å². The third-order valence-corrected chi connectivity index (χ3v) is 15.8. The molecule has 0 saturated carbocycles. The topological polar surface area (TPSA) is 91.8 Å². The maximum Gasteiger partial charge on any atom is 0.197 e. The zero-order chi connectivity index (χ0) is 52.4. The van der Waals surface area contributed by atoms with Gasteiger partial charge in [-0.25, -0.2) is 0 Å². The Bertz CT molecular complexity index is 4210. The van der Waals surface area contributed by atoms with Crippen LogP contribution in [0.5, 0.6) is 0 Å². The average Bonchev–Trinajstić information content (AvgIpc) is 4.28. The minimum Gasteiger partial charge on any atom is -0.301 e. The number of Topliss-reactive ketones (excluding diaryl/α,β-unsaturated/α-hetero) is 4. The average molecular weight is 1030 g/mol.